The summed E-state index contributed by atoms with van der Waals surface area (Å²) >= 11 is 1.17. The van der Waals surface area contributed by atoms with Crippen LogP contribution in [0.15, 0.2) is 6.08 Å². The molecule has 0 amide bonds. The molecule has 2 heterocycles. The third kappa shape index (κ3) is 7.39. The Morgan fingerprint density at radius 3 is 2.75 bits per heavy atom. The van der Waals surface area contributed by atoms with E-state index in [4.69, 9.17) is 14.2 Å². The molecule has 8 heteroatoms. The molecule has 1 aromatic rings. The second kappa shape index (κ2) is 10.2. The highest BCUT2D eigenvalue weighted by Gasteiger charge is 2.32. The van der Waals surface area contributed by atoms with E-state index in [1.807, 2.05) is 20.8 Å². The number of hydrogen-bond acceptors (Lipinski definition) is 7. The topological polar surface area (TPSA) is 70.5 Å². The molecule has 1 aliphatic heterocycles. The van der Waals surface area contributed by atoms with Gasteiger partial charge in [0.1, 0.15) is 17.8 Å². The first-order valence-corrected chi connectivity index (χ1v) is 10.8. The fraction of sp³-hybridized carbons (Fsp3) is 0.750. The van der Waals surface area contributed by atoms with Crippen molar-refractivity contribution in [2.45, 2.75) is 65.4 Å². The van der Waals surface area contributed by atoms with Crippen molar-refractivity contribution >= 4 is 23.5 Å². The summed E-state index contributed by atoms with van der Waals surface area (Å²) in [4.78, 5) is 11.9. The predicted octanol–water partition coefficient (Wildman–Crippen LogP) is 4.64. The summed E-state index contributed by atoms with van der Waals surface area (Å²) in [5, 5.41) is 0. The summed E-state index contributed by atoms with van der Waals surface area (Å²) in [5.74, 6) is 0.620. The van der Waals surface area contributed by atoms with Gasteiger partial charge in [0, 0.05) is 12.0 Å². The summed E-state index contributed by atoms with van der Waals surface area (Å²) < 4.78 is 25.9. The van der Waals surface area contributed by atoms with Gasteiger partial charge in [-0.25, -0.2) is 4.79 Å². The molecule has 7 nitrogen and oxygen atoms in total. The SMILES string of the molecule is CCCCCCOc1nsnc1C1=CCC[N+](C)(COC(=O)OC(C)(C)C)C1. The van der Waals surface area contributed by atoms with E-state index in [0.29, 0.717) is 23.5 Å². The zero-order valence-corrected chi connectivity index (χ0v) is 18.6. The first-order valence-electron chi connectivity index (χ1n) is 10.1. The number of ether oxygens (including phenoxy) is 3. The van der Waals surface area contributed by atoms with Gasteiger partial charge in [0.15, 0.2) is 0 Å². The van der Waals surface area contributed by atoms with E-state index in [0.717, 1.165) is 30.7 Å². The average Bonchev–Trinajstić information content (AvgIpc) is 3.07. The second-order valence-corrected chi connectivity index (χ2v) is 9.11. The van der Waals surface area contributed by atoms with Crippen LogP contribution in [0.25, 0.3) is 5.57 Å². The maximum Gasteiger partial charge on any atom is 0.513 e. The summed E-state index contributed by atoms with van der Waals surface area (Å²) in [7, 11) is 2.07. The molecule has 0 aromatic carbocycles. The first kappa shape index (κ1) is 22.6. The number of aromatic nitrogens is 2. The van der Waals surface area contributed by atoms with Crippen LogP contribution in [0.4, 0.5) is 4.79 Å². The van der Waals surface area contributed by atoms with E-state index in [2.05, 4.69) is 28.8 Å². The minimum Gasteiger partial charge on any atom is -0.475 e. The van der Waals surface area contributed by atoms with E-state index in [1.165, 1.54) is 31.0 Å². The largest absolute Gasteiger partial charge is 0.513 e. The van der Waals surface area contributed by atoms with Crippen LogP contribution in [-0.4, -0.2) is 58.5 Å². The molecule has 1 unspecified atom stereocenters. The fourth-order valence-electron chi connectivity index (χ4n) is 3.04. The highest BCUT2D eigenvalue weighted by atomic mass is 32.1. The third-order valence-electron chi connectivity index (χ3n) is 4.49. The summed E-state index contributed by atoms with van der Waals surface area (Å²) in [5.41, 5.74) is 1.36. The number of nitrogens with zero attached hydrogens (tertiary/aromatic N) is 3. The molecule has 158 valence electrons. The predicted molar refractivity (Wildman–Crippen MR) is 110 cm³/mol. The normalized spacial score (nSPS) is 19.8. The Balaban J connectivity index is 1.91. The number of likely N-dealkylation sites (N-methyl/N-ethyl adjacent to an activating group) is 1. The number of carbonyl (C=O) groups is 1. The van der Waals surface area contributed by atoms with E-state index in [-0.39, 0.29) is 6.73 Å². The molecule has 0 N–H and O–H groups in total. The van der Waals surface area contributed by atoms with Crippen molar-refractivity contribution in [1.29, 1.82) is 0 Å². The lowest BCUT2D eigenvalue weighted by molar-refractivity contribution is -0.919. The van der Waals surface area contributed by atoms with Crippen LogP contribution in [0.1, 0.15) is 65.5 Å². The third-order valence-corrected chi connectivity index (χ3v) is 5.01. The molecule has 0 bridgehead atoms. The second-order valence-electron chi connectivity index (χ2n) is 8.58. The molecule has 1 atom stereocenters. The van der Waals surface area contributed by atoms with Crippen molar-refractivity contribution in [3.05, 3.63) is 11.8 Å². The van der Waals surface area contributed by atoms with Gasteiger partial charge in [-0.15, -0.1) is 4.37 Å². The van der Waals surface area contributed by atoms with Gasteiger partial charge in [0.05, 0.1) is 31.9 Å². The van der Waals surface area contributed by atoms with Crippen LogP contribution >= 0.6 is 11.7 Å². The molecule has 0 saturated carbocycles. The molecule has 1 aliphatic rings. The Hall–Kier alpha value is -1.67. The van der Waals surface area contributed by atoms with Crippen molar-refractivity contribution in [3.63, 3.8) is 0 Å². The number of unbranched alkanes of at least 4 members (excludes halogenated alkanes) is 3. The molecule has 0 radical (unpaired) electrons. The van der Waals surface area contributed by atoms with Crippen molar-refractivity contribution in [1.82, 2.24) is 8.75 Å². The lowest BCUT2D eigenvalue weighted by Gasteiger charge is -2.36. The van der Waals surface area contributed by atoms with Crippen molar-refractivity contribution in [3.8, 4) is 5.88 Å². The highest BCUT2D eigenvalue weighted by molar-refractivity contribution is 6.99. The maximum atomic E-state index is 11.9. The molecule has 0 fully saturated rings. The van der Waals surface area contributed by atoms with Crippen molar-refractivity contribution < 1.29 is 23.5 Å². The van der Waals surface area contributed by atoms with Crippen LogP contribution in [0.2, 0.25) is 0 Å². The van der Waals surface area contributed by atoms with Gasteiger partial charge in [-0.2, -0.15) is 4.37 Å². The van der Waals surface area contributed by atoms with E-state index < -0.39 is 11.8 Å². The minimum atomic E-state index is -0.630. The van der Waals surface area contributed by atoms with Crippen molar-refractivity contribution in [2.24, 2.45) is 0 Å². The quantitative estimate of drug-likeness (QED) is 0.334. The average molecular weight is 413 g/mol. The van der Waals surface area contributed by atoms with Gasteiger partial charge in [-0.1, -0.05) is 32.3 Å². The van der Waals surface area contributed by atoms with Crippen LogP contribution in [0.3, 0.4) is 0 Å². The summed E-state index contributed by atoms with van der Waals surface area (Å²) in [6.07, 6.45) is 7.08. The van der Waals surface area contributed by atoms with Crippen LogP contribution in [0, 0.1) is 0 Å². The molecule has 1 aromatic heterocycles. The Labute approximate surface area is 172 Å². The van der Waals surface area contributed by atoms with Crippen LogP contribution in [0.5, 0.6) is 5.88 Å². The highest BCUT2D eigenvalue weighted by Crippen LogP contribution is 2.30. The standard InChI is InChI=1S/C20H34N3O4S/c1-6-7-8-9-13-25-18-17(21-28-22-18)16-11-10-12-23(5,14-16)15-26-19(24)27-20(2,3)4/h11H,6-10,12-15H2,1-5H3/q+1. The fourth-order valence-corrected chi connectivity index (χ4v) is 3.58. The molecule has 0 aliphatic carbocycles. The molecular formula is C20H34N3O4S+. The van der Waals surface area contributed by atoms with Gasteiger partial charge >= 0.3 is 6.16 Å². The first-order chi connectivity index (χ1) is 13.2. The van der Waals surface area contributed by atoms with Gasteiger partial charge < -0.3 is 14.2 Å². The zero-order valence-electron chi connectivity index (χ0n) is 17.8. The Kier molecular flexibility index (Phi) is 8.24. The molecule has 28 heavy (non-hydrogen) atoms. The number of hydrogen-bond donors (Lipinski definition) is 0. The van der Waals surface area contributed by atoms with Gasteiger partial charge in [-0.3, -0.25) is 4.48 Å². The Morgan fingerprint density at radius 2 is 2.04 bits per heavy atom. The van der Waals surface area contributed by atoms with Gasteiger partial charge in [0.2, 0.25) is 6.73 Å². The van der Waals surface area contributed by atoms with Gasteiger partial charge in [0.25, 0.3) is 5.88 Å². The monoisotopic (exact) mass is 412 g/mol. The maximum absolute atomic E-state index is 11.9. The van der Waals surface area contributed by atoms with Crippen molar-refractivity contribution in [2.75, 3.05) is 33.5 Å². The molecule has 0 spiro atoms. The lowest BCUT2D eigenvalue weighted by atomic mass is 10.1. The Bertz CT molecular complexity index is 669. The van der Waals surface area contributed by atoms with E-state index >= 15 is 0 Å². The summed E-state index contributed by atoms with van der Waals surface area (Å²) in [6, 6.07) is 0. The molecule has 0 saturated heterocycles. The van der Waals surface area contributed by atoms with E-state index in [9.17, 15) is 4.79 Å². The number of rotatable bonds is 9. The smallest absolute Gasteiger partial charge is 0.475 e. The molecule has 2 rings (SSSR count). The Morgan fingerprint density at radius 1 is 1.25 bits per heavy atom. The minimum absolute atomic E-state index is 0.261. The number of carbonyl (C=O) groups excluding carboxylic acids is 1. The molecular weight excluding hydrogens is 378 g/mol. The van der Waals surface area contributed by atoms with Crippen LogP contribution in [-0.2, 0) is 9.47 Å². The number of quaternary nitrogens is 1. The van der Waals surface area contributed by atoms with Gasteiger partial charge in [-0.05, 0) is 27.2 Å². The van der Waals surface area contributed by atoms with Crippen LogP contribution < -0.4 is 4.74 Å². The van der Waals surface area contributed by atoms with E-state index in [1.54, 1.807) is 0 Å². The summed E-state index contributed by atoms with van der Waals surface area (Å²) in [6.45, 7) is 10.2. The zero-order chi connectivity index (χ0) is 20.6. The lowest BCUT2D eigenvalue weighted by Crippen LogP contribution is -2.49.